The molecule has 1 rings (SSSR count). The third-order valence-corrected chi connectivity index (χ3v) is 1.50. The minimum absolute atomic E-state index is 0.538. The van der Waals surface area contributed by atoms with Gasteiger partial charge in [-0.15, -0.1) is 0 Å². The zero-order valence-corrected chi connectivity index (χ0v) is 6.66. The Balaban J connectivity index is 2.64. The van der Waals surface area contributed by atoms with Crippen molar-refractivity contribution in [3.8, 4) is 0 Å². The highest BCUT2D eigenvalue weighted by Crippen LogP contribution is 2.02. The minimum Gasteiger partial charge on any atom is -0.402 e. The van der Waals surface area contributed by atoms with Crippen LogP contribution in [0.5, 0.6) is 0 Å². The summed E-state index contributed by atoms with van der Waals surface area (Å²) in [6.07, 6.45) is 3.51. The van der Waals surface area contributed by atoms with E-state index in [1.807, 2.05) is 30.3 Å². The Kier molecular flexibility index (Phi) is 3.08. The lowest BCUT2D eigenvalue weighted by Crippen LogP contribution is -2.01. The molecule has 0 aliphatic carbocycles. The molecule has 0 fully saturated rings. The molecule has 0 atom stereocenters. The fraction of sp³-hybridized carbons (Fsp3) is 0.100. The van der Waals surface area contributed by atoms with E-state index in [1.165, 1.54) is 6.08 Å². The van der Waals surface area contributed by atoms with E-state index in [0.717, 1.165) is 5.56 Å². The fourth-order valence-electron chi connectivity index (χ4n) is 0.958. The van der Waals surface area contributed by atoms with E-state index in [-0.39, 0.29) is 0 Å². The van der Waals surface area contributed by atoms with Crippen molar-refractivity contribution in [1.82, 2.24) is 0 Å². The highest BCUT2D eigenvalue weighted by atomic mass is 16.1. The van der Waals surface area contributed by atoms with E-state index >= 15 is 0 Å². The van der Waals surface area contributed by atoms with Crippen LogP contribution in [0.15, 0.2) is 42.1 Å². The molecule has 1 aromatic rings. The van der Waals surface area contributed by atoms with Gasteiger partial charge in [0.05, 0.1) is 0 Å². The van der Waals surface area contributed by atoms with Gasteiger partial charge in [0.1, 0.15) is 0 Å². The van der Waals surface area contributed by atoms with E-state index in [2.05, 4.69) is 0 Å². The summed E-state index contributed by atoms with van der Waals surface area (Å²) in [4.78, 5) is 9.92. The summed E-state index contributed by atoms with van der Waals surface area (Å²) in [7, 11) is 0. The molecule has 12 heavy (non-hydrogen) atoms. The average molecular weight is 160 g/mol. The lowest BCUT2D eigenvalue weighted by atomic mass is 10.1. The first kappa shape index (κ1) is 8.53. The van der Waals surface area contributed by atoms with Crippen molar-refractivity contribution >= 4 is 6.29 Å². The van der Waals surface area contributed by atoms with Gasteiger partial charge in [0.25, 0.3) is 0 Å². The molecule has 1 radical (unpaired) electrons. The first-order chi connectivity index (χ1) is 5.83. The zero-order chi connectivity index (χ0) is 8.81. The Morgan fingerprint density at radius 3 is 2.67 bits per heavy atom. The van der Waals surface area contributed by atoms with Crippen LogP contribution in [0.25, 0.3) is 0 Å². The van der Waals surface area contributed by atoms with Crippen LogP contribution >= 0.6 is 0 Å². The maximum absolute atomic E-state index is 9.92. The van der Waals surface area contributed by atoms with Gasteiger partial charge >= 0.3 is 0 Å². The molecule has 1 aromatic carbocycles. The molecule has 0 unspecified atom stereocenters. The van der Waals surface area contributed by atoms with E-state index in [1.54, 1.807) is 6.29 Å². The molecule has 0 amide bonds. The Hall–Kier alpha value is -1.57. The van der Waals surface area contributed by atoms with E-state index < -0.39 is 0 Å². The van der Waals surface area contributed by atoms with Gasteiger partial charge in [0.2, 0.25) is 6.29 Å². The third kappa shape index (κ3) is 2.58. The molecule has 2 heteroatoms. The van der Waals surface area contributed by atoms with E-state index in [4.69, 9.17) is 5.73 Å². The van der Waals surface area contributed by atoms with Crippen molar-refractivity contribution in [2.75, 3.05) is 0 Å². The van der Waals surface area contributed by atoms with Crippen molar-refractivity contribution < 1.29 is 4.79 Å². The fourth-order valence-corrected chi connectivity index (χ4v) is 0.958. The lowest BCUT2D eigenvalue weighted by molar-refractivity contribution is 0.564. The molecule has 2 N–H and O–H groups in total. The van der Waals surface area contributed by atoms with Crippen molar-refractivity contribution in [3.63, 3.8) is 0 Å². The number of nitrogens with two attached hydrogens (primary N) is 1. The summed E-state index contributed by atoms with van der Waals surface area (Å²) in [5.74, 6) is 0. The number of allylic oxidation sites excluding steroid dienone is 2. The van der Waals surface area contributed by atoms with Crippen molar-refractivity contribution in [2.24, 2.45) is 5.73 Å². The molecule has 0 aliphatic rings. The van der Waals surface area contributed by atoms with E-state index in [9.17, 15) is 4.79 Å². The van der Waals surface area contributed by atoms with E-state index in [0.29, 0.717) is 12.1 Å². The number of benzene rings is 1. The second-order valence-electron chi connectivity index (χ2n) is 2.50. The summed E-state index contributed by atoms with van der Waals surface area (Å²) in [5.41, 5.74) is 7.15. The summed E-state index contributed by atoms with van der Waals surface area (Å²) >= 11 is 0. The van der Waals surface area contributed by atoms with Crippen LogP contribution in [-0.2, 0) is 11.2 Å². The molecule has 0 aromatic heterocycles. The maximum atomic E-state index is 9.92. The first-order valence-corrected chi connectivity index (χ1v) is 3.69. The van der Waals surface area contributed by atoms with Gasteiger partial charge in [-0.2, -0.15) is 0 Å². The van der Waals surface area contributed by atoms with Crippen LogP contribution in [0.1, 0.15) is 5.56 Å². The van der Waals surface area contributed by atoms with Crippen molar-refractivity contribution in [2.45, 2.75) is 6.42 Å². The molecular weight excluding hydrogens is 150 g/mol. The summed E-state index contributed by atoms with van der Waals surface area (Å²) in [5, 5.41) is 0. The number of carbonyl (C=O) groups excluding carboxylic acids is 1. The third-order valence-electron chi connectivity index (χ3n) is 1.50. The molecule has 0 aliphatic heterocycles. The van der Waals surface area contributed by atoms with Gasteiger partial charge in [-0.1, -0.05) is 30.3 Å². The molecule has 0 saturated heterocycles. The Morgan fingerprint density at radius 1 is 1.42 bits per heavy atom. The molecule has 61 valence electrons. The summed E-state index contributed by atoms with van der Waals surface area (Å²) < 4.78 is 0. The van der Waals surface area contributed by atoms with Gasteiger partial charge in [-0.05, 0) is 5.56 Å². The van der Waals surface area contributed by atoms with Crippen molar-refractivity contribution in [1.29, 1.82) is 0 Å². The van der Waals surface area contributed by atoms with Crippen LogP contribution in [0.4, 0.5) is 0 Å². The molecule has 0 spiro atoms. The van der Waals surface area contributed by atoms with Gasteiger partial charge in [-0.25, -0.2) is 0 Å². The molecule has 0 bridgehead atoms. The summed E-state index contributed by atoms with van der Waals surface area (Å²) in [6, 6.07) is 9.74. The Morgan fingerprint density at radius 2 is 2.08 bits per heavy atom. The van der Waals surface area contributed by atoms with Crippen LogP contribution in [0.2, 0.25) is 0 Å². The van der Waals surface area contributed by atoms with Gasteiger partial charge in [0, 0.05) is 18.2 Å². The Labute approximate surface area is 71.7 Å². The Bertz CT molecular complexity index is 277. The second-order valence-corrected chi connectivity index (χ2v) is 2.50. The van der Waals surface area contributed by atoms with Gasteiger partial charge in [-0.3, -0.25) is 4.79 Å². The van der Waals surface area contributed by atoms with Gasteiger partial charge < -0.3 is 5.73 Å². The van der Waals surface area contributed by atoms with Crippen LogP contribution < -0.4 is 5.73 Å². The second kappa shape index (κ2) is 4.34. The molecular formula is C10H10NO. The van der Waals surface area contributed by atoms with Crippen LogP contribution in [-0.4, -0.2) is 6.29 Å². The maximum Gasteiger partial charge on any atom is 0.227 e. The predicted molar refractivity (Wildman–Crippen MR) is 48.1 cm³/mol. The molecule has 0 saturated carbocycles. The first-order valence-electron chi connectivity index (χ1n) is 3.69. The largest absolute Gasteiger partial charge is 0.402 e. The topological polar surface area (TPSA) is 43.1 Å². The number of rotatable bonds is 3. The zero-order valence-electron chi connectivity index (χ0n) is 6.66. The standard InChI is InChI=1S/C10H10NO/c11-10(6-7-12)8-9-4-2-1-3-5-9/h1-6H,8,11H2/b10-6-. The smallest absolute Gasteiger partial charge is 0.227 e. The highest BCUT2D eigenvalue weighted by molar-refractivity contribution is 5.66. The van der Waals surface area contributed by atoms with Crippen LogP contribution in [0.3, 0.4) is 0 Å². The summed E-state index contributed by atoms with van der Waals surface area (Å²) in [6.45, 7) is 0. The van der Waals surface area contributed by atoms with Crippen LogP contribution in [0, 0.1) is 0 Å². The number of hydrogen-bond acceptors (Lipinski definition) is 2. The minimum atomic E-state index is 0.538. The predicted octanol–water partition coefficient (Wildman–Crippen LogP) is 1.18. The quantitative estimate of drug-likeness (QED) is 0.675. The normalized spacial score (nSPS) is 11.2. The number of hydrogen-bond donors (Lipinski definition) is 1. The molecule has 2 nitrogen and oxygen atoms in total. The monoisotopic (exact) mass is 160 g/mol. The van der Waals surface area contributed by atoms with Gasteiger partial charge in [0.15, 0.2) is 0 Å². The SMILES string of the molecule is N/C(=C\[C]=O)Cc1ccccc1. The lowest BCUT2D eigenvalue weighted by Gasteiger charge is -1.98. The van der Waals surface area contributed by atoms with Crippen molar-refractivity contribution in [3.05, 3.63) is 47.7 Å². The molecule has 0 heterocycles. The average Bonchev–Trinajstić information content (AvgIpc) is 2.06. The highest BCUT2D eigenvalue weighted by Gasteiger charge is 1.92.